The first-order chi connectivity index (χ1) is 9.95. The van der Waals surface area contributed by atoms with E-state index in [-0.39, 0.29) is 5.41 Å². The van der Waals surface area contributed by atoms with Crippen molar-refractivity contribution < 1.29 is 0 Å². The molecule has 0 aliphatic carbocycles. The van der Waals surface area contributed by atoms with E-state index in [0.717, 1.165) is 23.6 Å². The summed E-state index contributed by atoms with van der Waals surface area (Å²) >= 11 is 0. The molecule has 0 aliphatic rings. The maximum Gasteiger partial charge on any atom is 0.140 e. The molecule has 4 nitrogen and oxygen atoms in total. The fourth-order valence-corrected chi connectivity index (χ4v) is 2.55. The van der Waals surface area contributed by atoms with Crippen LogP contribution in [0.4, 0.5) is 0 Å². The second-order valence-corrected chi connectivity index (χ2v) is 6.42. The first-order valence-electron chi connectivity index (χ1n) is 7.17. The van der Waals surface area contributed by atoms with Gasteiger partial charge in [0.05, 0.1) is 6.54 Å². The molecule has 3 aromatic rings. The van der Waals surface area contributed by atoms with Gasteiger partial charge in [0.1, 0.15) is 11.5 Å². The topological polar surface area (TPSA) is 43.6 Å². The maximum atomic E-state index is 4.55. The average molecular weight is 280 g/mol. The van der Waals surface area contributed by atoms with Crippen LogP contribution >= 0.6 is 0 Å². The summed E-state index contributed by atoms with van der Waals surface area (Å²) in [5.74, 6) is 0.797. The Morgan fingerprint density at radius 3 is 2.48 bits per heavy atom. The number of hydrogen-bond donors (Lipinski definition) is 0. The monoisotopic (exact) mass is 280 g/mol. The Bertz CT molecular complexity index is 764. The summed E-state index contributed by atoms with van der Waals surface area (Å²) in [4.78, 5) is 13.1. The van der Waals surface area contributed by atoms with Gasteiger partial charge in [-0.3, -0.25) is 0 Å². The van der Waals surface area contributed by atoms with Crippen molar-refractivity contribution in [3.63, 3.8) is 0 Å². The van der Waals surface area contributed by atoms with Crippen LogP contribution in [0.5, 0.6) is 0 Å². The van der Waals surface area contributed by atoms with Crippen molar-refractivity contribution in [2.24, 2.45) is 0 Å². The number of aryl methyl sites for hydroxylation is 1. The SMILES string of the molecule is Cc1ncc(Cn2c(C(C)(C)C)cc3cccnc32)cn1. The lowest BCUT2D eigenvalue weighted by molar-refractivity contribution is 0.534. The first kappa shape index (κ1) is 13.7. The van der Waals surface area contributed by atoms with E-state index in [1.54, 1.807) is 0 Å². The van der Waals surface area contributed by atoms with Crippen LogP contribution in [-0.2, 0) is 12.0 Å². The van der Waals surface area contributed by atoms with Crippen LogP contribution in [0.15, 0.2) is 36.8 Å². The van der Waals surface area contributed by atoms with Crippen molar-refractivity contribution in [2.45, 2.75) is 39.7 Å². The Kier molecular flexibility index (Phi) is 3.24. The van der Waals surface area contributed by atoms with Crippen molar-refractivity contribution in [3.05, 3.63) is 53.9 Å². The van der Waals surface area contributed by atoms with Crippen LogP contribution in [0.25, 0.3) is 11.0 Å². The quantitative estimate of drug-likeness (QED) is 0.722. The summed E-state index contributed by atoms with van der Waals surface area (Å²) in [7, 11) is 0. The third-order valence-electron chi connectivity index (χ3n) is 3.60. The van der Waals surface area contributed by atoms with E-state index in [1.807, 2.05) is 31.6 Å². The molecule has 0 spiro atoms. The molecule has 4 heteroatoms. The van der Waals surface area contributed by atoms with E-state index in [2.05, 4.69) is 52.4 Å². The van der Waals surface area contributed by atoms with Gasteiger partial charge in [-0.15, -0.1) is 0 Å². The molecule has 0 bridgehead atoms. The summed E-state index contributed by atoms with van der Waals surface area (Å²) < 4.78 is 2.27. The van der Waals surface area contributed by atoms with Gasteiger partial charge < -0.3 is 4.57 Å². The molecule has 0 N–H and O–H groups in total. The zero-order valence-corrected chi connectivity index (χ0v) is 13.0. The molecule has 0 saturated heterocycles. The highest BCUT2D eigenvalue weighted by atomic mass is 15.1. The minimum Gasteiger partial charge on any atom is -0.325 e. The number of fused-ring (bicyclic) bond motifs is 1. The number of hydrogen-bond acceptors (Lipinski definition) is 3. The summed E-state index contributed by atoms with van der Waals surface area (Å²) in [5, 5.41) is 1.18. The van der Waals surface area contributed by atoms with E-state index in [9.17, 15) is 0 Å². The lowest BCUT2D eigenvalue weighted by atomic mass is 9.92. The lowest BCUT2D eigenvalue weighted by Crippen LogP contribution is -2.18. The van der Waals surface area contributed by atoms with Crippen molar-refractivity contribution in [3.8, 4) is 0 Å². The van der Waals surface area contributed by atoms with Crippen LogP contribution in [0, 0.1) is 6.92 Å². The molecule has 3 aromatic heterocycles. The summed E-state index contributed by atoms with van der Waals surface area (Å²) in [6, 6.07) is 6.32. The normalized spacial score (nSPS) is 12.0. The van der Waals surface area contributed by atoms with E-state index >= 15 is 0 Å². The van der Waals surface area contributed by atoms with Gasteiger partial charge in [0.2, 0.25) is 0 Å². The van der Waals surface area contributed by atoms with Crippen molar-refractivity contribution >= 4 is 11.0 Å². The minimum atomic E-state index is 0.0618. The van der Waals surface area contributed by atoms with Gasteiger partial charge >= 0.3 is 0 Å². The first-order valence-corrected chi connectivity index (χ1v) is 7.17. The number of rotatable bonds is 2. The Labute approximate surface area is 124 Å². The smallest absolute Gasteiger partial charge is 0.140 e. The third-order valence-corrected chi connectivity index (χ3v) is 3.60. The molecule has 0 aliphatic heterocycles. The highest BCUT2D eigenvalue weighted by Crippen LogP contribution is 2.29. The van der Waals surface area contributed by atoms with Crippen LogP contribution in [0.1, 0.15) is 37.9 Å². The van der Waals surface area contributed by atoms with Gasteiger partial charge in [0.25, 0.3) is 0 Å². The van der Waals surface area contributed by atoms with Crippen molar-refractivity contribution in [2.75, 3.05) is 0 Å². The Morgan fingerprint density at radius 1 is 1.10 bits per heavy atom. The fraction of sp³-hybridized carbons (Fsp3) is 0.353. The van der Waals surface area contributed by atoms with Gasteiger partial charge in [-0.1, -0.05) is 20.8 Å². The predicted octanol–water partition coefficient (Wildman–Crippen LogP) is 3.48. The highest BCUT2D eigenvalue weighted by Gasteiger charge is 2.21. The van der Waals surface area contributed by atoms with E-state index in [1.165, 1.54) is 11.1 Å². The van der Waals surface area contributed by atoms with Crippen LogP contribution in [0.2, 0.25) is 0 Å². The number of aromatic nitrogens is 4. The molecule has 0 unspecified atom stereocenters. The fourth-order valence-electron chi connectivity index (χ4n) is 2.55. The molecule has 0 radical (unpaired) electrons. The second-order valence-electron chi connectivity index (χ2n) is 6.42. The van der Waals surface area contributed by atoms with Crippen LogP contribution < -0.4 is 0 Å². The van der Waals surface area contributed by atoms with Crippen molar-refractivity contribution in [1.82, 2.24) is 19.5 Å². The van der Waals surface area contributed by atoms with Gasteiger partial charge in [0.15, 0.2) is 0 Å². The molecular weight excluding hydrogens is 260 g/mol. The molecular formula is C17H20N4. The molecule has 0 saturated carbocycles. The predicted molar refractivity (Wildman–Crippen MR) is 84.3 cm³/mol. The van der Waals surface area contributed by atoms with Crippen molar-refractivity contribution in [1.29, 1.82) is 0 Å². The minimum absolute atomic E-state index is 0.0618. The molecule has 108 valence electrons. The lowest BCUT2D eigenvalue weighted by Gasteiger charge is -2.21. The molecule has 21 heavy (non-hydrogen) atoms. The number of pyridine rings is 1. The zero-order valence-electron chi connectivity index (χ0n) is 13.0. The molecule has 0 amide bonds. The van der Waals surface area contributed by atoms with Crippen LogP contribution in [-0.4, -0.2) is 19.5 Å². The molecule has 3 rings (SSSR count). The van der Waals surface area contributed by atoms with Gasteiger partial charge in [-0.05, 0) is 25.1 Å². The average Bonchev–Trinajstić information content (AvgIpc) is 2.81. The molecule has 0 aromatic carbocycles. The third kappa shape index (κ3) is 2.66. The van der Waals surface area contributed by atoms with Gasteiger partial charge in [-0.2, -0.15) is 0 Å². The summed E-state index contributed by atoms with van der Waals surface area (Å²) in [5.41, 5.74) is 3.45. The largest absolute Gasteiger partial charge is 0.325 e. The van der Waals surface area contributed by atoms with E-state index in [4.69, 9.17) is 0 Å². The second kappa shape index (κ2) is 4.95. The van der Waals surface area contributed by atoms with E-state index in [0.29, 0.717) is 0 Å². The molecule has 0 fully saturated rings. The van der Waals surface area contributed by atoms with Gasteiger partial charge in [-0.25, -0.2) is 15.0 Å². The highest BCUT2D eigenvalue weighted by molar-refractivity contribution is 5.77. The van der Waals surface area contributed by atoms with Gasteiger partial charge in [0, 0.05) is 40.6 Å². The summed E-state index contributed by atoms with van der Waals surface area (Å²) in [6.07, 6.45) is 5.63. The molecule has 3 heterocycles. The standard InChI is InChI=1S/C17H20N4/c1-12-19-9-13(10-20-12)11-21-15(17(2,3)4)8-14-6-5-7-18-16(14)21/h5-10H,11H2,1-4H3. The Morgan fingerprint density at radius 2 is 1.81 bits per heavy atom. The van der Waals surface area contributed by atoms with Crippen LogP contribution in [0.3, 0.4) is 0 Å². The zero-order chi connectivity index (χ0) is 15.0. The molecule has 0 atom stereocenters. The summed E-state index contributed by atoms with van der Waals surface area (Å²) in [6.45, 7) is 9.32. The maximum absolute atomic E-state index is 4.55. The van der Waals surface area contributed by atoms with E-state index < -0.39 is 0 Å². The number of nitrogens with zero attached hydrogens (tertiary/aromatic N) is 4. The Hall–Kier alpha value is -2.23. The Balaban J connectivity index is 2.13.